The lowest BCUT2D eigenvalue weighted by Crippen LogP contribution is -2.10. The van der Waals surface area contributed by atoms with Gasteiger partial charge in [-0.3, -0.25) is 4.79 Å². The molecule has 2 aromatic carbocycles. The van der Waals surface area contributed by atoms with E-state index in [4.69, 9.17) is 4.42 Å². The summed E-state index contributed by atoms with van der Waals surface area (Å²) < 4.78 is 5.10. The maximum Gasteiger partial charge on any atom is 0.291 e. The van der Waals surface area contributed by atoms with E-state index in [1.165, 1.54) is 6.26 Å². The number of hydrogen-bond donors (Lipinski definition) is 1. The van der Waals surface area contributed by atoms with Gasteiger partial charge in [-0.05, 0) is 54.6 Å². The number of aromatic nitrogens is 3. The van der Waals surface area contributed by atoms with Crippen LogP contribution in [0.5, 0.6) is 0 Å². The first-order valence-corrected chi connectivity index (χ1v) is 8.10. The molecular weight excluding hydrogens is 330 g/mol. The number of nitrogens with one attached hydrogen (secondary N) is 1. The highest BCUT2D eigenvalue weighted by atomic mass is 16.3. The Morgan fingerprint density at radius 2 is 1.81 bits per heavy atom. The van der Waals surface area contributed by atoms with Crippen molar-refractivity contribution >= 4 is 28.3 Å². The van der Waals surface area contributed by atoms with Gasteiger partial charge in [-0.1, -0.05) is 0 Å². The molecule has 1 amide bonds. The van der Waals surface area contributed by atoms with E-state index in [1.54, 1.807) is 29.1 Å². The summed E-state index contributed by atoms with van der Waals surface area (Å²) in [5, 5.41) is 11.8. The molecule has 7 nitrogen and oxygen atoms in total. The fourth-order valence-corrected chi connectivity index (χ4v) is 2.59. The molecule has 0 fully saturated rings. The lowest BCUT2D eigenvalue weighted by atomic mass is 10.2. The monoisotopic (exact) mass is 347 g/mol. The molecule has 130 valence electrons. The van der Waals surface area contributed by atoms with E-state index in [9.17, 15) is 4.79 Å². The molecule has 4 rings (SSSR count). The highest BCUT2D eigenvalue weighted by molar-refractivity contribution is 6.03. The second-order valence-electron chi connectivity index (χ2n) is 6.04. The molecule has 1 N–H and O–H groups in total. The number of hydrogen-bond acceptors (Lipinski definition) is 5. The Bertz CT molecular complexity index is 1050. The summed E-state index contributed by atoms with van der Waals surface area (Å²) in [5.74, 6) is -0.0456. The van der Waals surface area contributed by atoms with Gasteiger partial charge in [0.2, 0.25) is 0 Å². The van der Waals surface area contributed by atoms with Crippen LogP contribution in [0.2, 0.25) is 0 Å². The van der Waals surface area contributed by atoms with Crippen LogP contribution in [0.25, 0.3) is 16.7 Å². The number of furan rings is 1. The van der Waals surface area contributed by atoms with Gasteiger partial charge < -0.3 is 14.6 Å². The van der Waals surface area contributed by atoms with Crippen LogP contribution >= 0.6 is 0 Å². The number of benzene rings is 2. The lowest BCUT2D eigenvalue weighted by Gasteiger charge is -2.12. The third-order valence-corrected chi connectivity index (χ3v) is 3.98. The highest BCUT2D eigenvalue weighted by Gasteiger charge is 2.11. The van der Waals surface area contributed by atoms with Crippen LogP contribution < -0.4 is 10.2 Å². The van der Waals surface area contributed by atoms with E-state index in [1.807, 2.05) is 49.3 Å². The Morgan fingerprint density at radius 1 is 1.04 bits per heavy atom. The Hall–Kier alpha value is -3.61. The van der Waals surface area contributed by atoms with Gasteiger partial charge in [-0.2, -0.15) is 4.80 Å². The summed E-state index contributed by atoms with van der Waals surface area (Å²) in [6.07, 6.45) is 1.46. The predicted octanol–water partition coefficient (Wildman–Crippen LogP) is 3.33. The maximum absolute atomic E-state index is 12.1. The van der Waals surface area contributed by atoms with Crippen molar-refractivity contribution in [3.8, 4) is 5.69 Å². The summed E-state index contributed by atoms with van der Waals surface area (Å²) in [5.41, 5.74) is 4.05. The fraction of sp³-hybridized carbons (Fsp3) is 0.105. The van der Waals surface area contributed by atoms with E-state index in [0.29, 0.717) is 11.2 Å². The molecule has 7 heteroatoms. The number of carbonyl (C=O) groups excluding carboxylic acids is 1. The van der Waals surface area contributed by atoms with E-state index in [0.717, 1.165) is 16.9 Å². The summed E-state index contributed by atoms with van der Waals surface area (Å²) >= 11 is 0. The molecule has 0 aliphatic rings. The van der Waals surface area contributed by atoms with Crippen LogP contribution in [-0.4, -0.2) is 35.0 Å². The van der Waals surface area contributed by atoms with E-state index >= 15 is 0 Å². The van der Waals surface area contributed by atoms with Crippen molar-refractivity contribution in [1.82, 2.24) is 15.0 Å². The standard InChI is InChI=1S/C19H17N5O2/c1-23(2)14-6-8-15(9-7-14)24-21-16-10-5-13(12-17(16)22-24)20-19(25)18-4-3-11-26-18/h3-12H,1-2H3,(H,20,25). The average molecular weight is 347 g/mol. The number of nitrogens with zero attached hydrogens (tertiary/aromatic N) is 4. The third kappa shape index (κ3) is 3.02. The Kier molecular flexibility index (Phi) is 3.89. The number of amides is 1. The van der Waals surface area contributed by atoms with Crippen LogP contribution in [-0.2, 0) is 0 Å². The summed E-state index contributed by atoms with van der Waals surface area (Å²) in [6.45, 7) is 0. The van der Waals surface area contributed by atoms with Crippen molar-refractivity contribution in [3.63, 3.8) is 0 Å². The maximum atomic E-state index is 12.1. The summed E-state index contributed by atoms with van der Waals surface area (Å²) in [7, 11) is 3.99. The lowest BCUT2D eigenvalue weighted by molar-refractivity contribution is 0.0996. The summed E-state index contributed by atoms with van der Waals surface area (Å²) in [6, 6.07) is 16.6. The Morgan fingerprint density at radius 3 is 2.50 bits per heavy atom. The molecule has 0 saturated heterocycles. The highest BCUT2D eigenvalue weighted by Crippen LogP contribution is 2.19. The van der Waals surface area contributed by atoms with Gasteiger partial charge in [0.25, 0.3) is 5.91 Å². The zero-order valence-corrected chi connectivity index (χ0v) is 14.4. The molecule has 0 aliphatic heterocycles. The van der Waals surface area contributed by atoms with Crippen LogP contribution in [0.1, 0.15) is 10.6 Å². The van der Waals surface area contributed by atoms with Gasteiger partial charge in [0.15, 0.2) is 5.76 Å². The SMILES string of the molecule is CN(C)c1ccc(-n2nc3ccc(NC(=O)c4ccco4)cc3n2)cc1. The van der Waals surface area contributed by atoms with Gasteiger partial charge >= 0.3 is 0 Å². The van der Waals surface area contributed by atoms with Crippen LogP contribution in [0, 0.1) is 0 Å². The minimum atomic E-state index is -0.305. The molecule has 2 aromatic heterocycles. The molecule has 0 unspecified atom stereocenters. The zero-order valence-electron chi connectivity index (χ0n) is 14.4. The minimum absolute atomic E-state index is 0.259. The van der Waals surface area contributed by atoms with Crippen molar-refractivity contribution in [2.75, 3.05) is 24.3 Å². The number of fused-ring (bicyclic) bond motifs is 1. The molecule has 2 heterocycles. The molecule has 26 heavy (non-hydrogen) atoms. The molecule has 0 spiro atoms. The summed E-state index contributed by atoms with van der Waals surface area (Å²) in [4.78, 5) is 15.7. The van der Waals surface area contributed by atoms with Crippen molar-refractivity contribution in [2.45, 2.75) is 0 Å². The van der Waals surface area contributed by atoms with E-state index in [2.05, 4.69) is 15.5 Å². The van der Waals surface area contributed by atoms with Crippen molar-refractivity contribution in [2.24, 2.45) is 0 Å². The van der Waals surface area contributed by atoms with Gasteiger partial charge in [0, 0.05) is 25.5 Å². The molecule has 0 aliphatic carbocycles. The second kappa shape index (κ2) is 6.36. The fourth-order valence-electron chi connectivity index (χ4n) is 2.59. The van der Waals surface area contributed by atoms with Gasteiger partial charge in [-0.15, -0.1) is 10.2 Å². The topological polar surface area (TPSA) is 76.2 Å². The average Bonchev–Trinajstić information content (AvgIpc) is 3.31. The first-order chi connectivity index (χ1) is 12.6. The Labute approximate surface area is 149 Å². The molecule has 4 aromatic rings. The normalized spacial score (nSPS) is 10.8. The first-order valence-electron chi connectivity index (χ1n) is 8.10. The van der Waals surface area contributed by atoms with Gasteiger partial charge in [0.05, 0.1) is 12.0 Å². The second-order valence-corrected chi connectivity index (χ2v) is 6.04. The number of anilines is 2. The number of rotatable bonds is 4. The van der Waals surface area contributed by atoms with Crippen LogP contribution in [0.15, 0.2) is 65.3 Å². The minimum Gasteiger partial charge on any atom is -0.459 e. The van der Waals surface area contributed by atoms with Crippen LogP contribution in [0.4, 0.5) is 11.4 Å². The van der Waals surface area contributed by atoms with E-state index in [-0.39, 0.29) is 11.7 Å². The third-order valence-electron chi connectivity index (χ3n) is 3.98. The molecular formula is C19H17N5O2. The first kappa shape index (κ1) is 15.9. The van der Waals surface area contributed by atoms with Crippen molar-refractivity contribution < 1.29 is 9.21 Å². The molecule has 0 atom stereocenters. The molecule has 0 saturated carbocycles. The smallest absolute Gasteiger partial charge is 0.291 e. The quantitative estimate of drug-likeness (QED) is 0.613. The predicted molar refractivity (Wildman–Crippen MR) is 99.9 cm³/mol. The zero-order chi connectivity index (χ0) is 18.1. The Balaban J connectivity index is 1.60. The molecule has 0 radical (unpaired) electrons. The van der Waals surface area contributed by atoms with Crippen molar-refractivity contribution in [1.29, 1.82) is 0 Å². The molecule has 0 bridgehead atoms. The van der Waals surface area contributed by atoms with Gasteiger partial charge in [-0.25, -0.2) is 0 Å². The van der Waals surface area contributed by atoms with Gasteiger partial charge in [0.1, 0.15) is 11.0 Å². The van der Waals surface area contributed by atoms with Crippen LogP contribution in [0.3, 0.4) is 0 Å². The number of carbonyl (C=O) groups is 1. The van der Waals surface area contributed by atoms with Crippen molar-refractivity contribution in [3.05, 3.63) is 66.6 Å². The largest absolute Gasteiger partial charge is 0.459 e. The van der Waals surface area contributed by atoms with E-state index < -0.39 is 0 Å².